The summed E-state index contributed by atoms with van der Waals surface area (Å²) in [5, 5.41) is 17.6. The Morgan fingerprint density at radius 1 is 0.667 bits per heavy atom. The third-order valence-corrected chi connectivity index (χ3v) is 3.18. The van der Waals surface area contributed by atoms with Crippen LogP contribution >= 0.6 is 0 Å². The van der Waals surface area contributed by atoms with Crippen LogP contribution in [0.2, 0.25) is 0 Å². The number of aldehydes is 3. The number of carboxylic acids is 2. The molecule has 0 radical (unpaired) electrons. The van der Waals surface area contributed by atoms with Crippen LogP contribution in [0.25, 0.3) is 0 Å². The number of carbonyl (C=O) groups excluding carboxylic acids is 3. The van der Waals surface area contributed by atoms with Gasteiger partial charge in [-0.15, -0.1) is 0 Å². The van der Waals surface area contributed by atoms with Crippen molar-refractivity contribution in [3.8, 4) is 0 Å². The summed E-state index contributed by atoms with van der Waals surface area (Å²) in [6.45, 7) is 11.2. The molecule has 0 aromatic carbocycles. The molecule has 0 aliphatic carbocycles. The average Bonchev–Trinajstić information content (AvgIpc) is 2.64. The van der Waals surface area contributed by atoms with Crippen molar-refractivity contribution in [2.45, 2.75) is 34.6 Å². The van der Waals surface area contributed by atoms with Crippen molar-refractivity contribution < 1.29 is 34.2 Å². The highest BCUT2D eigenvalue weighted by Crippen LogP contribution is 1.95. The first kappa shape index (κ1) is 32.5. The fourth-order valence-corrected chi connectivity index (χ4v) is 2.03. The molecule has 30 heavy (non-hydrogen) atoms. The fraction of sp³-hybridized carbons (Fsp3) is 0.750. The Kier molecular flexibility index (Phi) is 25.0. The van der Waals surface area contributed by atoms with Crippen molar-refractivity contribution >= 4 is 30.8 Å². The maximum absolute atomic E-state index is 10.7. The van der Waals surface area contributed by atoms with Crippen LogP contribution in [-0.2, 0) is 24.0 Å². The molecule has 0 saturated carbocycles. The van der Waals surface area contributed by atoms with Gasteiger partial charge in [0.2, 0.25) is 0 Å². The van der Waals surface area contributed by atoms with Crippen LogP contribution < -0.4 is 0 Å². The molecule has 0 spiro atoms. The standard InChI is InChI=1S/C14H23N3O7.C4H10.C2H6/c18-8-5-15(1-3-16(6-9-19)11-13(21)22)2-4-17(7-10-20)12-14(23)24;1-4(2)3;1-2/h8-10H,1-7,11-12H2,(H,21,22)(H,23,24);4H,1-3H3;1-2H3. The maximum Gasteiger partial charge on any atom is 0.317 e. The summed E-state index contributed by atoms with van der Waals surface area (Å²) < 4.78 is 0. The van der Waals surface area contributed by atoms with E-state index >= 15 is 0 Å². The van der Waals surface area contributed by atoms with Crippen molar-refractivity contribution in [1.29, 1.82) is 0 Å². The molecule has 2 N–H and O–H groups in total. The zero-order valence-corrected chi connectivity index (χ0v) is 19.0. The number of carbonyl (C=O) groups is 5. The normalized spacial score (nSPS) is 10.2. The van der Waals surface area contributed by atoms with E-state index in [2.05, 4.69) is 20.8 Å². The second kappa shape index (κ2) is 23.1. The lowest BCUT2D eigenvalue weighted by molar-refractivity contribution is -0.139. The molecule has 0 aliphatic rings. The van der Waals surface area contributed by atoms with E-state index < -0.39 is 11.9 Å². The van der Waals surface area contributed by atoms with E-state index in [4.69, 9.17) is 10.2 Å². The molecule has 176 valence electrons. The van der Waals surface area contributed by atoms with Crippen molar-refractivity contribution in [3.63, 3.8) is 0 Å². The SMILES string of the molecule is CC.CC(C)C.O=CCN(CCN(CC=O)CC(=O)O)CCN(CC=O)CC(=O)O. The van der Waals surface area contributed by atoms with E-state index in [0.29, 0.717) is 31.9 Å². The van der Waals surface area contributed by atoms with Gasteiger partial charge in [-0.1, -0.05) is 34.6 Å². The molecule has 10 nitrogen and oxygen atoms in total. The fourth-order valence-electron chi connectivity index (χ4n) is 2.03. The Hall–Kier alpha value is -2.17. The minimum absolute atomic E-state index is 0.0302. The zero-order chi connectivity index (χ0) is 23.9. The van der Waals surface area contributed by atoms with Crippen molar-refractivity contribution in [1.82, 2.24) is 14.7 Å². The average molecular weight is 434 g/mol. The minimum atomic E-state index is -1.06. The molecule has 0 amide bonds. The Labute approximate surface area is 179 Å². The molecule has 0 saturated heterocycles. The van der Waals surface area contributed by atoms with E-state index in [1.807, 2.05) is 13.8 Å². The Morgan fingerprint density at radius 2 is 0.900 bits per heavy atom. The van der Waals surface area contributed by atoms with Gasteiger partial charge in [0.05, 0.1) is 32.7 Å². The Bertz CT molecular complexity index is 437. The lowest BCUT2D eigenvalue weighted by atomic mass is 10.3. The minimum Gasteiger partial charge on any atom is -0.480 e. The topological polar surface area (TPSA) is 136 Å². The molecule has 0 fully saturated rings. The largest absolute Gasteiger partial charge is 0.480 e. The van der Waals surface area contributed by atoms with Gasteiger partial charge >= 0.3 is 11.9 Å². The molecule has 10 heteroatoms. The number of carboxylic acid groups (broad SMARTS) is 2. The van der Waals surface area contributed by atoms with Crippen LogP contribution in [0.1, 0.15) is 34.6 Å². The first-order valence-corrected chi connectivity index (χ1v) is 10.1. The molecule has 0 unspecified atom stereocenters. The van der Waals surface area contributed by atoms with Gasteiger partial charge in [0, 0.05) is 26.2 Å². The van der Waals surface area contributed by atoms with Gasteiger partial charge in [-0.05, 0) is 5.92 Å². The second-order valence-electron chi connectivity index (χ2n) is 6.79. The van der Waals surface area contributed by atoms with Gasteiger partial charge in [-0.3, -0.25) is 24.3 Å². The number of hydrogen-bond donors (Lipinski definition) is 2. The van der Waals surface area contributed by atoms with E-state index in [-0.39, 0.29) is 45.8 Å². The Morgan fingerprint density at radius 3 is 1.13 bits per heavy atom. The van der Waals surface area contributed by atoms with Crippen LogP contribution in [0, 0.1) is 5.92 Å². The monoisotopic (exact) mass is 433 g/mol. The van der Waals surface area contributed by atoms with E-state index in [1.165, 1.54) is 9.80 Å². The molecule has 0 aromatic heterocycles. The third-order valence-electron chi connectivity index (χ3n) is 3.18. The van der Waals surface area contributed by atoms with Crippen LogP contribution in [0.5, 0.6) is 0 Å². The van der Waals surface area contributed by atoms with Crippen LogP contribution in [0.3, 0.4) is 0 Å². The molecule has 0 heterocycles. The van der Waals surface area contributed by atoms with Gasteiger partial charge in [-0.25, -0.2) is 0 Å². The highest BCUT2D eigenvalue weighted by atomic mass is 16.4. The summed E-state index contributed by atoms with van der Waals surface area (Å²) in [5.74, 6) is -1.28. The summed E-state index contributed by atoms with van der Waals surface area (Å²) in [6.07, 6.45) is 1.89. The smallest absolute Gasteiger partial charge is 0.317 e. The summed E-state index contributed by atoms with van der Waals surface area (Å²) >= 11 is 0. The van der Waals surface area contributed by atoms with Gasteiger partial charge in [-0.2, -0.15) is 0 Å². The number of hydrogen-bond acceptors (Lipinski definition) is 8. The molecule has 0 bridgehead atoms. The van der Waals surface area contributed by atoms with Gasteiger partial charge in [0.15, 0.2) is 0 Å². The summed E-state index contributed by atoms with van der Waals surface area (Å²) in [5.41, 5.74) is 0. The number of aliphatic carboxylic acids is 2. The van der Waals surface area contributed by atoms with E-state index in [0.717, 1.165) is 5.92 Å². The first-order chi connectivity index (χ1) is 14.2. The first-order valence-electron chi connectivity index (χ1n) is 10.1. The molecule has 0 aliphatic heterocycles. The lowest BCUT2D eigenvalue weighted by Gasteiger charge is -2.26. The second-order valence-corrected chi connectivity index (χ2v) is 6.79. The quantitative estimate of drug-likeness (QED) is 0.328. The summed E-state index contributed by atoms with van der Waals surface area (Å²) in [4.78, 5) is 57.8. The number of rotatable bonds is 16. The zero-order valence-electron chi connectivity index (χ0n) is 19.0. The predicted octanol–water partition coefficient (Wildman–Crippen LogP) is 0.347. The molecule has 0 atom stereocenters. The molecule has 0 rings (SSSR count). The molecular formula is C20H39N3O7. The van der Waals surface area contributed by atoms with Gasteiger partial charge in [0.1, 0.15) is 18.9 Å². The van der Waals surface area contributed by atoms with Gasteiger partial charge in [0.25, 0.3) is 0 Å². The summed E-state index contributed by atoms with van der Waals surface area (Å²) in [6, 6.07) is 0. The summed E-state index contributed by atoms with van der Waals surface area (Å²) in [7, 11) is 0. The van der Waals surface area contributed by atoms with Crippen molar-refractivity contribution in [2.75, 3.05) is 58.9 Å². The van der Waals surface area contributed by atoms with Crippen LogP contribution in [-0.4, -0.2) is 115 Å². The van der Waals surface area contributed by atoms with Crippen LogP contribution in [0.15, 0.2) is 0 Å². The van der Waals surface area contributed by atoms with Crippen molar-refractivity contribution in [3.05, 3.63) is 0 Å². The lowest BCUT2D eigenvalue weighted by Crippen LogP contribution is -2.43. The van der Waals surface area contributed by atoms with Crippen LogP contribution in [0.4, 0.5) is 0 Å². The van der Waals surface area contributed by atoms with E-state index in [9.17, 15) is 24.0 Å². The van der Waals surface area contributed by atoms with Crippen molar-refractivity contribution in [2.24, 2.45) is 5.92 Å². The highest BCUT2D eigenvalue weighted by molar-refractivity contribution is 5.70. The molecule has 0 aromatic rings. The predicted molar refractivity (Wildman–Crippen MR) is 115 cm³/mol. The number of nitrogens with zero attached hydrogens (tertiary/aromatic N) is 3. The van der Waals surface area contributed by atoms with E-state index in [1.54, 1.807) is 4.90 Å². The maximum atomic E-state index is 10.7. The highest BCUT2D eigenvalue weighted by Gasteiger charge is 2.14. The van der Waals surface area contributed by atoms with Gasteiger partial charge < -0.3 is 24.6 Å². The molecular weight excluding hydrogens is 394 g/mol. The third kappa shape index (κ3) is 25.8. The Balaban J connectivity index is -0.00000108.